The molecule has 0 saturated carbocycles. The monoisotopic (exact) mass is 231 g/mol. The molecule has 0 saturated heterocycles. The Kier molecular flexibility index (Phi) is 14.8. The van der Waals surface area contributed by atoms with Crippen LogP contribution in [0.15, 0.2) is 0 Å². The number of ether oxygens (including phenoxy) is 2. The molecule has 0 unspecified atom stereocenters. The Balaban J connectivity index is 2.83. The van der Waals surface area contributed by atoms with Gasteiger partial charge in [-0.05, 0) is 32.4 Å². The van der Waals surface area contributed by atoms with E-state index in [-0.39, 0.29) is 0 Å². The summed E-state index contributed by atoms with van der Waals surface area (Å²) in [6.45, 7) is 9.74. The Morgan fingerprint density at radius 3 is 2.12 bits per heavy atom. The van der Waals surface area contributed by atoms with Crippen LogP contribution in [0, 0.1) is 0 Å². The average molecular weight is 231 g/mol. The lowest BCUT2D eigenvalue weighted by Crippen LogP contribution is -2.13. The Morgan fingerprint density at radius 1 is 0.750 bits per heavy atom. The van der Waals surface area contributed by atoms with E-state index < -0.39 is 0 Å². The Hall–Kier alpha value is -0.120. The topological polar surface area (TPSA) is 30.5 Å². The van der Waals surface area contributed by atoms with Crippen LogP contribution in [0.5, 0.6) is 0 Å². The first kappa shape index (κ1) is 15.9. The quantitative estimate of drug-likeness (QED) is 0.494. The molecule has 0 aliphatic rings. The third kappa shape index (κ3) is 13.9. The first-order chi connectivity index (χ1) is 7.91. The van der Waals surface area contributed by atoms with Crippen molar-refractivity contribution in [2.45, 2.75) is 46.0 Å². The Labute approximate surface area is 101 Å². The summed E-state index contributed by atoms with van der Waals surface area (Å²) in [7, 11) is 0. The third-order valence-corrected chi connectivity index (χ3v) is 2.36. The van der Waals surface area contributed by atoms with E-state index in [1.807, 2.05) is 0 Å². The average Bonchev–Trinajstić information content (AvgIpc) is 2.31. The van der Waals surface area contributed by atoms with Gasteiger partial charge in [0, 0.05) is 13.2 Å². The van der Waals surface area contributed by atoms with Crippen LogP contribution in [-0.2, 0) is 9.47 Å². The molecule has 0 aromatic heterocycles. The largest absolute Gasteiger partial charge is 0.379 e. The van der Waals surface area contributed by atoms with Crippen LogP contribution in [0.4, 0.5) is 0 Å². The van der Waals surface area contributed by atoms with Crippen molar-refractivity contribution >= 4 is 0 Å². The van der Waals surface area contributed by atoms with Gasteiger partial charge in [-0.1, -0.05) is 26.7 Å². The van der Waals surface area contributed by atoms with E-state index in [2.05, 4.69) is 19.2 Å². The summed E-state index contributed by atoms with van der Waals surface area (Å²) in [5, 5.41) is 3.33. The minimum Gasteiger partial charge on any atom is -0.379 e. The maximum Gasteiger partial charge on any atom is 0.0700 e. The number of hydrogen-bond acceptors (Lipinski definition) is 3. The molecule has 0 aliphatic carbocycles. The molecular formula is C13H29NO2. The van der Waals surface area contributed by atoms with Crippen LogP contribution >= 0.6 is 0 Å². The fourth-order valence-electron chi connectivity index (χ4n) is 1.45. The molecule has 3 nitrogen and oxygen atoms in total. The van der Waals surface area contributed by atoms with Crippen LogP contribution in [0.3, 0.4) is 0 Å². The van der Waals surface area contributed by atoms with Crippen LogP contribution < -0.4 is 5.32 Å². The molecule has 98 valence electrons. The molecule has 0 radical (unpaired) electrons. The molecule has 0 atom stereocenters. The lowest BCUT2D eigenvalue weighted by Gasteiger charge is -2.05. The van der Waals surface area contributed by atoms with Gasteiger partial charge in [-0.15, -0.1) is 0 Å². The number of hydrogen-bond donors (Lipinski definition) is 1. The summed E-state index contributed by atoms with van der Waals surface area (Å²) in [5.74, 6) is 0. The van der Waals surface area contributed by atoms with Crippen molar-refractivity contribution in [3.63, 3.8) is 0 Å². The number of unbranched alkanes of at least 4 members (excludes halogenated alkanes) is 3. The first-order valence-electron chi connectivity index (χ1n) is 6.78. The second kappa shape index (κ2) is 14.9. The Morgan fingerprint density at radius 2 is 1.44 bits per heavy atom. The van der Waals surface area contributed by atoms with Gasteiger partial charge >= 0.3 is 0 Å². The summed E-state index contributed by atoms with van der Waals surface area (Å²) in [4.78, 5) is 0. The molecule has 0 aromatic carbocycles. The normalized spacial score (nSPS) is 10.9. The van der Waals surface area contributed by atoms with Gasteiger partial charge in [0.05, 0.1) is 13.2 Å². The summed E-state index contributed by atoms with van der Waals surface area (Å²) < 4.78 is 10.8. The van der Waals surface area contributed by atoms with Gasteiger partial charge < -0.3 is 14.8 Å². The van der Waals surface area contributed by atoms with Gasteiger partial charge in [0.2, 0.25) is 0 Å². The van der Waals surface area contributed by atoms with Crippen LogP contribution in [-0.4, -0.2) is 39.5 Å². The maximum atomic E-state index is 5.47. The minimum absolute atomic E-state index is 0.744. The fraction of sp³-hybridized carbons (Fsp3) is 1.00. The van der Waals surface area contributed by atoms with Crippen molar-refractivity contribution in [1.82, 2.24) is 5.32 Å². The SMILES string of the molecule is CCCOCCOCCCCCCNCC. The van der Waals surface area contributed by atoms with Crippen molar-refractivity contribution < 1.29 is 9.47 Å². The third-order valence-electron chi connectivity index (χ3n) is 2.36. The van der Waals surface area contributed by atoms with Gasteiger partial charge in [0.15, 0.2) is 0 Å². The minimum atomic E-state index is 0.744. The molecular weight excluding hydrogens is 202 g/mol. The molecule has 0 spiro atoms. The summed E-state index contributed by atoms with van der Waals surface area (Å²) in [6, 6.07) is 0. The number of rotatable bonds is 13. The molecule has 16 heavy (non-hydrogen) atoms. The highest BCUT2D eigenvalue weighted by molar-refractivity contribution is 4.46. The molecule has 0 aliphatic heterocycles. The summed E-state index contributed by atoms with van der Waals surface area (Å²) >= 11 is 0. The molecule has 0 fully saturated rings. The van der Waals surface area contributed by atoms with Crippen molar-refractivity contribution in [3.05, 3.63) is 0 Å². The van der Waals surface area contributed by atoms with Gasteiger partial charge in [0.25, 0.3) is 0 Å². The second-order valence-corrected chi connectivity index (χ2v) is 3.99. The van der Waals surface area contributed by atoms with E-state index in [1.54, 1.807) is 0 Å². The van der Waals surface area contributed by atoms with E-state index in [4.69, 9.17) is 9.47 Å². The molecule has 3 heteroatoms. The van der Waals surface area contributed by atoms with Crippen LogP contribution in [0.1, 0.15) is 46.0 Å². The van der Waals surface area contributed by atoms with Gasteiger partial charge in [-0.3, -0.25) is 0 Å². The molecule has 0 heterocycles. The van der Waals surface area contributed by atoms with E-state index in [0.717, 1.165) is 45.9 Å². The smallest absolute Gasteiger partial charge is 0.0700 e. The lowest BCUT2D eigenvalue weighted by molar-refractivity contribution is 0.0465. The standard InChI is InChI=1S/C13H29NO2/c1-3-10-15-12-13-16-11-8-6-5-7-9-14-4-2/h14H,3-13H2,1-2H3. The zero-order valence-corrected chi connectivity index (χ0v) is 11.1. The molecule has 0 amide bonds. The zero-order chi connectivity index (χ0) is 11.9. The fourth-order valence-corrected chi connectivity index (χ4v) is 1.45. The van der Waals surface area contributed by atoms with E-state index >= 15 is 0 Å². The predicted molar refractivity (Wildman–Crippen MR) is 68.9 cm³/mol. The molecule has 0 rings (SSSR count). The molecule has 0 bridgehead atoms. The predicted octanol–water partition coefficient (Wildman–Crippen LogP) is 2.60. The first-order valence-corrected chi connectivity index (χ1v) is 6.78. The summed E-state index contributed by atoms with van der Waals surface area (Å²) in [5.41, 5.74) is 0. The Bertz CT molecular complexity index is 107. The van der Waals surface area contributed by atoms with Crippen molar-refractivity contribution in [2.75, 3.05) is 39.5 Å². The highest BCUT2D eigenvalue weighted by atomic mass is 16.5. The van der Waals surface area contributed by atoms with Crippen molar-refractivity contribution in [2.24, 2.45) is 0 Å². The van der Waals surface area contributed by atoms with Crippen molar-refractivity contribution in [1.29, 1.82) is 0 Å². The lowest BCUT2D eigenvalue weighted by atomic mass is 10.2. The summed E-state index contributed by atoms with van der Waals surface area (Å²) in [6.07, 6.45) is 6.14. The van der Waals surface area contributed by atoms with Crippen LogP contribution in [0.25, 0.3) is 0 Å². The van der Waals surface area contributed by atoms with Gasteiger partial charge in [-0.25, -0.2) is 0 Å². The number of nitrogens with one attached hydrogen (secondary N) is 1. The maximum absolute atomic E-state index is 5.47. The second-order valence-electron chi connectivity index (χ2n) is 3.99. The van der Waals surface area contributed by atoms with Gasteiger partial charge in [-0.2, -0.15) is 0 Å². The van der Waals surface area contributed by atoms with E-state index in [0.29, 0.717) is 0 Å². The molecule has 0 aromatic rings. The molecule has 1 N–H and O–H groups in total. The van der Waals surface area contributed by atoms with Crippen LogP contribution in [0.2, 0.25) is 0 Å². The highest BCUT2D eigenvalue weighted by Crippen LogP contribution is 1.99. The van der Waals surface area contributed by atoms with Gasteiger partial charge in [0.1, 0.15) is 0 Å². The van der Waals surface area contributed by atoms with Crippen molar-refractivity contribution in [3.8, 4) is 0 Å². The van der Waals surface area contributed by atoms with E-state index in [9.17, 15) is 0 Å². The zero-order valence-electron chi connectivity index (χ0n) is 11.1. The van der Waals surface area contributed by atoms with E-state index in [1.165, 1.54) is 25.7 Å². The highest BCUT2D eigenvalue weighted by Gasteiger charge is 1.91.